The third-order valence-corrected chi connectivity index (χ3v) is 5.61. The molecule has 1 saturated heterocycles. The van der Waals surface area contributed by atoms with Gasteiger partial charge in [-0.25, -0.2) is 4.98 Å². The minimum atomic E-state index is -0.0738. The molecular formula is C22H24ClN3O2. The summed E-state index contributed by atoms with van der Waals surface area (Å²) < 4.78 is 5.86. The van der Waals surface area contributed by atoms with Gasteiger partial charge >= 0.3 is 0 Å². The minimum Gasteiger partial charge on any atom is -0.440 e. The van der Waals surface area contributed by atoms with E-state index in [2.05, 4.69) is 22.2 Å². The number of fused-ring (bicyclic) bond motifs is 1. The van der Waals surface area contributed by atoms with E-state index < -0.39 is 0 Å². The lowest BCUT2D eigenvalue weighted by molar-refractivity contribution is 0.0950. The Morgan fingerprint density at radius 1 is 1.32 bits per heavy atom. The first-order valence-electron chi connectivity index (χ1n) is 9.71. The molecule has 5 nitrogen and oxygen atoms in total. The standard InChI is InChI=1S/C22H24ClN3O2/c1-26-11-3-6-18(26)9-10-24-22(27)16-7-8-19-20(14-16)28-21(25-19)13-15-4-2-5-17(23)12-15/h2,4-5,7-8,12,14,18H,3,6,9-11,13H2,1H3,(H,24,27). The van der Waals surface area contributed by atoms with E-state index in [1.165, 1.54) is 12.8 Å². The number of likely N-dealkylation sites (tertiary alicyclic amines) is 1. The maximum atomic E-state index is 12.5. The maximum absolute atomic E-state index is 12.5. The van der Waals surface area contributed by atoms with Crippen LogP contribution in [0.15, 0.2) is 46.9 Å². The number of nitrogens with zero attached hydrogens (tertiary/aromatic N) is 2. The van der Waals surface area contributed by atoms with E-state index in [0.717, 1.165) is 24.0 Å². The fourth-order valence-corrected chi connectivity index (χ4v) is 4.02. The Hall–Kier alpha value is -2.37. The third-order valence-electron chi connectivity index (χ3n) is 5.37. The van der Waals surface area contributed by atoms with Crippen LogP contribution in [0.2, 0.25) is 5.02 Å². The lowest BCUT2D eigenvalue weighted by atomic mass is 10.1. The van der Waals surface area contributed by atoms with Crippen LogP contribution < -0.4 is 5.32 Å². The molecule has 1 fully saturated rings. The predicted octanol–water partition coefficient (Wildman–Crippen LogP) is 4.29. The second-order valence-corrected chi connectivity index (χ2v) is 7.85. The first-order valence-corrected chi connectivity index (χ1v) is 10.1. The molecule has 1 aromatic heterocycles. The van der Waals surface area contributed by atoms with Crippen LogP contribution in [0.4, 0.5) is 0 Å². The molecule has 1 amide bonds. The first-order chi connectivity index (χ1) is 13.6. The Bertz CT molecular complexity index is 985. The summed E-state index contributed by atoms with van der Waals surface area (Å²) in [6, 6.07) is 13.6. The number of rotatable bonds is 6. The van der Waals surface area contributed by atoms with Crippen molar-refractivity contribution >= 4 is 28.6 Å². The van der Waals surface area contributed by atoms with Gasteiger partial charge in [0.25, 0.3) is 5.91 Å². The van der Waals surface area contributed by atoms with Crippen LogP contribution in [-0.2, 0) is 6.42 Å². The Labute approximate surface area is 169 Å². The van der Waals surface area contributed by atoms with Crippen molar-refractivity contribution in [2.24, 2.45) is 0 Å². The Kier molecular flexibility index (Phi) is 5.64. The maximum Gasteiger partial charge on any atom is 0.251 e. The van der Waals surface area contributed by atoms with Gasteiger partial charge in [-0.15, -0.1) is 0 Å². The summed E-state index contributed by atoms with van der Waals surface area (Å²) in [6.45, 7) is 1.83. The van der Waals surface area contributed by atoms with Gasteiger partial charge in [0.05, 0.1) is 0 Å². The van der Waals surface area contributed by atoms with Gasteiger partial charge in [0.15, 0.2) is 11.5 Å². The third kappa shape index (κ3) is 4.37. The first kappa shape index (κ1) is 19.0. The van der Waals surface area contributed by atoms with Crippen molar-refractivity contribution in [2.75, 3.05) is 20.1 Å². The molecule has 0 saturated carbocycles. The zero-order valence-corrected chi connectivity index (χ0v) is 16.7. The summed E-state index contributed by atoms with van der Waals surface area (Å²) in [4.78, 5) is 19.4. The molecule has 146 valence electrons. The van der Waals surface area contributed by atoms with Crippen LogP contribution in [0.1, 0.15) is 41.1 Å². The number of carbonyl (C=O) groups excluding carboxylic acids is 1. The van der Waals surface area contributed by atoms with Crippen molar-refractivity contribution in [1.29, 1.82) is 0 Å². The highest BCUT2D eigenvalue weighted by molar-refractivity contribution is 6.30. The number of aromatic nitrogens is 1. The molecule has 2 heterocycles. The summed E-state index contributed by atoms with van der Waals surface area (Å²) in [7, 11) is 2.15. The zero-order chi connectivity index (χ0) is 19.5. The van der Waals surface area contributed by atoms with Gasteiger partial charge in [0.1, 0.15) is 5.52 Å². The summed E-state index contributed by atoms with van der Waals surface area (Å²) in [6.07, 6.45) is 4.00. The van der Waals surface area contributed by atoms with Gasteiger partial charge in [-0.2, -0.15) is 0 Å². The van der Waals surface area contributed by atoms with E-state index in [0.29, 0.717) is 41.1 Å². The number of amides is 1. The van der Waals surface area contributed by atoms with Gasteiger partial charge in [-0.05, 0) is 68.8 Å². The number of halogens is 1. The molecule has 6 heteroatoms. The molecule has 1 N–H and O–H groups in total. The fraction of sp³-hybridized carbons (Fsp3) is 0.364. The highest BCUT2D eigenvalue weighted by Crippen LogP contribution is 2.21. The minimum absolute atomic E-state index is 0.0738. The number of nitrogens with one attached hydrogen (secondary N) is 1. The average Bonchev–Trinajstić information content (AvgIpc) is 3.26. The van der Waals surface area contributed by atoms with Gasteiger partial charge in [0, 0.05) is 29.6 Å². The quantitative estimate of drug-likeness (QED) is 0.674. The lowest BCUT2D eigenvalue weighted by Crippen LogP contribution is -2.31. The highest BCUT2D eigenvalue weighted by atomic mass is 35.5. The van der Waals surface area contributed by atoms with Crippen molar-refractivity contribution in [1.82, 2.24) is 15.2 Å². The Morgan fingerprint density at radius 3 is 3.00 bits per heavy atom. The molecule has 2 aromatic carbocycles. The molecule has 28 heavy (non-hydrogen) atoms. The van der Waals surface area contributed by atoms with E-state index >= 15 is 0 Å². The molecule has 1 atom stereocenters. The molecule has 1 aliphatic heterocycles. The number of benzene rings is 2. The van der Waals surface area contributed by atoms with Crippen LogP contribution in [0.3, 0.4) is 0 Å². The topological polar surface area (TPSA) is 58.4 Å². The van der Waals surface area contributed by atoms with Crippen LogP contribution in [0.5, 0.6) is 0 Å². The second-order valence-electron chi connectivity index (χ2n) is 7.42. The monoisotopic (exact) mass is 397 g/mol. The number of carbonyl (C=O) groups is 1. The summed E-state index contributed by atoms with van der Waals surface area (Å²) >= 11 is 6.04. The smallest absolute Gasteiger partial charge is 0.251 e. The van der Waals surface area contributed by atoms with Crippen molar-refractivity contribution in [3.63, 3.8) is 0 Å². The molecule has 4 rings (SSSR count). The lowest BCUT2D eigenvalue weighted by Gasteiger charge is -2.19. The molecule has 0 aliphatic carbocycles. The van der Waals surface area contributed by atoms with Gasteiger partial charge in [-0.1, -0.05) is 23.7 Å². The summed E-state index contributed by atoms with van der Waals surface area (Å²) in [5.74, 6) is 0.537. The van der Waals surface area contributed by atoms with Crippen molar-refractivity contribution in [3.05, 3.63) is 64.5 Å². The largest absolute Gasteiger partial charge is 0.440 e. The van der Waals surface area contributed by atoms with Gasteiger partial charge in [0.2, 0.25) is 0 Å². The Morgan fingerprint density at radius 2 is 2.21 bits per heavy atom. The zero-order valence-electron chi connectivity index (χ0n) is 16.0. The fourth-order valence-electron chi connectivity index (χ4n) is 3.81. The van der Waals surface area contributed by atoms with Gasteiger partial charge in [-0.3, -0.25) is 4.79 Å². The van der Waals surface area contributed by atoms with E-state index in [4.69, 9.17) is 16.0 Å². The average molecular weight is 398 g/mol. The molecule has 3 aromatic rings. The van der Waals surface area contributed by atoms with Crippen molar-refractivity contribution in [2.45, 2.75) is 31.7 Å². The van der Waals surface area contributed by atoms with E-state index in [-0.39, 0.29) is 5.91 Å². The van der Waals surface area contributed by atoms with Crippen LogP contribution in [-0.4, -0.2) is 42.0 Å². The number of hydrogen-bond acceptors (Lipinski definition) is 4. The van der Waals surface area contributed by atoms with E-state index in [1.807, 2.05) is 30.3 Å². The van der Waals surface area contributed by atoms with E-state index in [1.54, 1.807) is 12.1 Å². The molecule has 0 spiro atoms. The second kappa shape index (κ2) is 8.33. The molecular weight excluding hydrogens is 374 g/mol. The summed E-state index contributed by atoms with van der Waals surface area (Å²) in [5, 5.41) is 3.71. The molecule has 1 unspecified atom stereocenters. The highest BCUT2D eigenvalue weighted by Gasteiger charge is 2.20. The van der Waals surface area contributed by atoms with Crippen LogP contribution >= 0.6 is 11.6 Å². The molecule has 0 radical (unpaired) electrons. The molecule has 0 bridgehead atoms. The predicted molar refractivity (Wildman–Crippen MR) is 111 cm³/mol. The summed E-state index contributed by atoms with van der Waals surface area (Å²) in [5.41, 5.74) is 3.01. The number of oxazole rings is 1. The van der Waals surface area contributed by atoms with Crippen LogP contribution in [0.25, 0.3) is 11.1 Å². The Balaban J connectivity index is 1.40. The van der Waals surface area contributed by atoms with E-state index in [9.17, 15) is 4.79 Å². The SMILES string of the molecule is CN1CCCC1CCNC(=O)c1ccc2nc(Cc3cccc(Cl)c3)oc2c1. The number of hydrogen-bond donors (Lipinski definition) is 1. The molecule has 1 aliphatic rings. The normalized spacial score (nSPS) is 17.3. The van der Waals surface area contributed by atoms with Gasteiger partial charge < -0.3 is 14.6 Å². The van der Waals surface area contributed by atoms with Crippen LogP contribution in [0, 0.1) is 0 Å². The van der Waals surface area contributed by atoms with Crippen molar-refractivity contribution in [3.8, 4) is 0 Å². The van der Waals surface area contributed by atoms with Crippen molar-refractivity contribution < 1.29 is 9.21 Å².